The minimum absolute atomic E-state index is 0.0439. The van der Waals surface area contributed by atoms with Crippen LogP contribution in [0.4, 0.5) is 0 Å². The van der Waals surface area contributed by atoms with Gasteiger partial charge in [-0.1, -0.05) is 62.7 Å². The quantitative estimate of drug-likeness (QED) is 0.342. The molecule has 3 rings (SSSR count). The molecular formula is C25H30N2O3S. The maximum Gasteiger partial charge on any atom is 0.338 e. The number of aliphatic hydroxyl groups is 1. The first-order valence-corrected chi connectivity index (χ1v) is 11.7. The molecule has 0 saturated heterocycles. The zero-order chi connectivity index (χ0) is 22.2. The average Bonchev–Trinajstić information content (AvgIpc) is 3.14. The van der Waals surface area contributed by atoms with Gasteiger partial charge in [0.15, 0.2) is 0 Å². The van der Waals surface area contributed by atoms with E-state index < -0.39 is 0 Å². The summed E-state index contributed by atoms with van der Waals surface area (Å²) in [7, 11) is 1.40. The molecule has 1 aromatic heterocycles. The monoisotopic (exact) mass is 438 g/mol. The molecule has 31 heavy (non-hydrogen) atoms. The molecule has 6 heteroatoms. The number of unbranched alkanes of at least 4 members (excludes halogenated alkanes) is 1. The summed E-state index contributed by atoms with van der Waals surface area (Å²) in [6.07, 6.45) is 3.07. The highest BCUT2D eigenvalue weighted by Crippen LogP contribution is 2.28. The van der Waals surface area contributed by atoms with Crippen molar-refractivity contribution in [1.82, 2.24) is 9.55 Å². The number of esters is 1. The first kappa shape index (κ1) is 23.1. The fraction of sp³-hybridized carbons (Fsp3) is 0.360. The van der Waals surface area contributed by atoms with E-state index >= 15 is 0 Å². The molecular weight excluding hydrogens is 408 g/mol. The standard InChI is InChI=1S/C25H30N2O3S/c1-4-6-11-23-26-22(17-28)24(31-5-2)27(23)16-18-12-14-19(15-13-18)20-9-7-8-10-21(20)25(29)30-3/h7-10,12-15,28H,4-6,11,16-17H2,1-3H3. The van der Waals surface area contributed by atoms with Gasteiger partial charge in [-0.15, -0.1) is 11.8 Å². The second-order valence-electron chi connectivity index (χ2n) is 7.29. The number of hydrogen-bond acceptors (Lipinski definition) is 5. The van der Waals surface area contributed by atoms with Crippen LogP contribution in [0.15, 0.2) is 53.6 Å². The van der Waals surface area contributed by atoms with Crippen LogP contribution in [-0.4, -0.2) is 33.5 Å². The number of aromatic nitrogens is 2. The first-order chi connectivity index (χ1) is 15.1. The largest absolute Gasteiger partial charge is 0.465 e. The molecule has 0 saturated carbocycles. The second-order valence-corrected chi connectivity index (χ2v) is 8.55. The number of carbonyl (C=O) groups is 1. The number of imidazole rings is 1. The van der Waals surface area contributed by atoms with Gasteiger partial charge in [0, 0.05) is 13.0 Å². The average molecular weight is 439 g/mol. The Labute approximate surface area is 188 Å². The summed E-state index contributed by atoms with van der Waals surface area (Å²) in [6.45, 7) is 4.94. The topological polar surface area (TPSA) is 64.4 Å². The molecule has 0 bridgehead atoms. The predicted octanol–water partition coefficient (Wildman–Crippen LogP) is 5.33. The molecule has 1 heterocycles. The fourth-order valence-electron chi connectivity index (χ4n) is 3.62. The molecule has 0 amide bonds. The van der Waals surface area contributed by atoms with Crippen molar-refractivity contribution in [2.45, 2.75) is 51.3 Å². The van der Waals surface area contributed by atoms with Crippen LogP contribution < -0.4 is 0 Å². The lowest BCUT2D eigenvalue weighted by atomic mass is 9.98. The smallest absolute Gasteiger partial charge is 0.338 e. The van der Waals surface area contributed by atoms with Crippen molar-refractivity contribution in [1.29, 1.82) is 0 Å². The third-order valence-corrected chi connectivity index (χ3v) is 6.21. The Morgan fingerprint density at radius 2 is 1.87 bits per heavy atom. The summed E-state index contributed by atoms with van der Waals surface area (Å²) in [5.74, 6) is 1.62. The summed E-state index contributed by atoms with van der Waals surface area (Å²) in [5, 5.41) is 10.9. The van der Waals surface area contributed by atoms with E-state index in [1.165, 1.54) is 7.11 Å². The molecule has 0 atom stereocenters. The van der Waals surface area contributed by atoms with E-state index in [4.69, 9.17) is 9.72 Å². The van der Waals surface area contributed by atoms with Gasteiger partial charge in [-0.05, 0) is 34.9 Å². The molecule has 164 valence electrons. The van der Waals surface area contributed by atoms with E-state index in [0.29, 0.717) is 12.1 Å². The zero-order valence-corrected chi connectivity index (χ0v) is 19.2. The van der Waals surface area contributed by atoms with Gasteiger partial charge in [-0.25, -0.2) is 9.78 Å². The number of methoxy groups -OCH3 is 1. The lowest BCUT2D eigenvalue weighted by molar-refractivity contribution is 0.0601. The molecule has 0 unspecified atom stereocenters. The molecule has 0 aliphatic carbocycles. The van der Waals surface area contributed by atoms with Crippen molar-refractivity contribution in [3.8, 4) is 11.1 Å². The summed E-state index contributed by atoms with van der Waals surface area (Å²) >= 11 is 1.72. The number of aryl methyl sites for hydroxylation is 1. The van der Waals surface area contributed by atoms with Crippen molar-refractivity contribution in [2.24, 2.45) is 0 Å². The Bertz CT molecular complexity index is 1010. The third-order valence-electron chi connectivity index (χ3n) is 5.19. The third kappa shape index (κ3) is 5.38. The Morgan fingerprint density at radius 1 is 1.13 bits per heavy atom. The lowest BCUT2D eigenvalue weighted by Gasteiger charge is -2.13. The van der Waals surface area contributed by atoms with E-state index in [1.54, 1.807) is 17.8 Å². The SMILES string of the molecule is CCCCc1nc(CO)c(SCC)n1Cc1ccc(-c2ccccc2C(=O)OC)cc1. The molecule has 2 aromatic carbocycles. The maximum absolute atomic E-state index is 12.1. The number of thioether (sulfide) groups is 1. The van der Waals surface area contributed by atoms with Crippen molar-refractivity contribution in [2.75, 3.05) is 12.9 Å². The van der Waals surface area contributed by atoms with Crippen molar-refractivity contribution < 1.29 is 14.6 Å². The van der Waals surface area contributed by atoms with Crippen LogP contribution in [0.25, 0.3) is 11.1 Å². The van der Waals surface area contributed by atoms with Gasteiger partial charge in [0.2, 0.25) is 0 Å². The van der Waals surface area contributed by atoms with Crippen LogP contribution in [0, 0.1) is 0 Å². The summed E-state index contributed by atoms with van der Waals surface area (Å²) in [6, 6.07) is 15.7. The Morgan fingerprint density at radius 3 is 2.52 bits per heavy atom. The second kappa shape index (κ2) is 11.2. The molecule has 0 aliphatic rings. The van der Waals surface area contributed by atoms with Crippen molar-refractivity contribution in [3.05, 3.63) is 71.2 Å². The minimum atomic E-state index is -0.337. The zero-order valence-electron chi connectivity index (χ0n) is 18.4. The van der Waals surface area contributed by atoms with Crippen LogP contribution >= 0.6 is 11.8 Å². The molecule has 5 nitrogen and oxygen atoms in total. The summed E-state index contributed by atoms with van der Waals surface area (Å²) < 4.78 is 7.17. The maximum atomic E-state index is 12.1. The molecule has 0 radical (unpaired) electrons. The van der Waals surface area contributed by atoms with E-state index in [9.17, 15) is 9.90 Å². The van der Waals surface area contributed by atoms with Crippen molar-refractivity contribution >= 4 is 17.7 Å². The van der Waals surface area contributed by atoms with Crippen molar-refractivity contribution in [3.63, 3.8) is 0 Å². The van der Waals surface area contributed by atoms with Crippen LogP contribution in [0.5, 0.6) is 0 Å². The molecule has 0 aliphatic heterocycles. The van der Waals surface area contributed by atoms with Gasteiger partial charge in [0.05, 0.1) is 25.0 Å². The normalized spacial score (nSPS) is 11.0. The van der Waals surface area contributed by atoms with Gasteiger partial charge in [-0.2, -0.15) is 0 Å². The Balaban J connectivity index is 1.91. The molecule has 0 spiro atoms. The van der Waals surface area contributed by atoms with Crippen LogP contribution in [0.2, 0.25) is 0 Å². The van der Waals surface area contributed by atoms with Crippen LogP contribution in [0.3, 0.4) is 0 Å². The van der Waals surface area contributed by atoms with Crippen LogP contribution in [0.1, 0.15) is 54.1 Å². The molecule has 0 fully saturated rings. The highest BCUT2D eigenvalue weighted by Gasteiger charge is 2.17. The number of benzene rings is 2. The summed E-state index contributed by atoms with van der Waals surface area (Å²) in [5.41, 5.74) is 4.31. The number of nitrogens with zero attached hydrogens (tertiary/aromatic N) is 2. The van der Waals surface area contributed by atoms with Gasteiger partial charge < -0.3 is 14.4 Å². The lowest BCUT2D eigenvalue weighted by Crippen LogP contribution is -2.07. The number of rotatable bonds is 10. The number of carbonyl (C=O) groups excluding carboxylic acids is 1. The van der Waals surface area contributed by atoms with Crippen LogP contribution in [-0.2, 0) is 24.3 Å². The Kier molecular flexibility index (Phi) is 8.32. The van der Waals surface area contributed by atoms with Gasteiger partial charge in [0.1, 0.15) is 10.9 Å². The van der Waals surface area contributed by atoms with Gasteiger partial charge >= 0.3 is 5.97 Å². The summed E-state index contributed by atoms with van der Waals surface area (Å²) in [4.78, 5) is 16.8. The molecule has 3 aromatic rings. The predicted molar refractivity (Wildman–Crippen MR) is 125 cm³/mol. The van der Waals surface area contributed by atoms with Gasteiger partial charge in [0.25, 0.3) is 0 Å². The van der Waals surface area contributed by atoms with E-state index in [1.807, 2.05) is 30.3 Å². The highest BCUT2D eigenvalue weighted by atomic mass is 32.2. The van der Waals surface area contributed by atoms with E-state index in [-0.39, 0.29) is 12.6 Å². The minimum Gasteiger partial charge on any atom is -0.465 e. The van der Waals surface area contributed by atoms with Gasteiger partial charge in [-0.3, -0.25) is 0 Å². The van der Waals surface area contributed by atoms with E-state index in [2.05, 4.69) is 30.5 Å². The number of aliphatic hydroxyl groups excluding tert-OH is 1. The first-order valence-electron chi connectivity index (χ1n) is 10.7. The number of ether oxygens (including phenoxy) is 1. The fourth-order valence-corrected chi connectivity index (χ4v) is 4.50. The number of hydrogen-bond donors (Lipinski definition) is 1. The Hall–Kier alpha value is -2.57. The van der Waals surface area contributed by atoms with E-state index in [0.717, 1.165) is 58.2 Å². The molecule has 1 N–H and O–H groups in total. The highest BCUT2D eigenvalue weighted by molar-refractivity contribution is 7.99.